The Morgan fingerprint density at radius 2 is 1.82 bits per heavy atom. The zero-order valence-corrected chi connectivity index (χ0v) is 6.04. The van der Waals surface area contributed by atoms with Gasteiger partial charge in [0, 0.05) is 0 Å². The van der Waals surface area contributed by atoms with Gasteiger partial charge >= 0.3 is 0 Å². The third-order valence-electron chi connectivity index (χ3n) is 1.30. The maximum atomic E-state index is 8.57. The van der Waals surface area contributed by atoms with Gasteiger partial charge in [0.2, 0.25) is 0 Å². The summed E-state index contributed by atoms with van der Waals surface area (Å²) in [4.78, 5) is 0. The predicted molar refractivity (Wildman–Crippen MR) is 38.7 cm³/mol. The average molecular weight is 145 g/mol. The van der Waals surface area contributed by atoms with Gasteiger partial charge in [-0.3, -0.25) is 0 Å². The molecule has 0 saturated carbocycles. The number of rotatable bonds is 3. The van der Waals surface area contributed by atoms with Gasteiger partial charge in [-0.05, 0) is 6.42 Å². The molecule has 0 rings (SSSR count). The fraction of sp³-hybridized carbons (Fsp3) is 0.375. The van der Waals surface area contributed by atoms with Crippen LogP contribution in [0.15, 0.2) is 12.7 Å². The first-order chi connectivity index (χ1) is 5.24. The second kappa shape index (κ2) is 4.09. The van der Waals surface area contributed by atoms with Crippen LogP contribution in [0.2, 0.25) is 0 Å². The molecule has 3 heteroatoms. The molecule has 0 aromatic carbocycles. The third kappa shape index (κ3) is 2.12. The van der Waals surface area contributed by atoms with Crippen molar-refractivity contribution in [3.8, 4) is 18.2 Å². The van der Waals surface area contributed by atoms with Crippen molar-refractivity contribution < 1.29 is 0 Å². The number of nitrogens with zero attached hydrogens (tertiary/aromatic N) is 3. The SMILES string of the molecule is C=CCC(C#N)(C#N)CC#N. The summed E-state index contributed by atoms with van der Waals surface area (Å²) in [6, 6.07) is 5.43. The topological polar surface area (TPSA) is 71.4 Å². The maximum Gasteiger partial charge on any atom is 0.160 e. The number of nitriles is 3. The highest BCUT2D eigenvalue weighted by atomic mass is 14.4. The van der Waals surface area contributed by atoms with Crippen LogP contribution < -0.4 is 0 Å². The molecule has 0 fully saturated rings. The van der Waals surface area contributed by atoms with Gasteiger partial charge in [-0.2, -0.15) is 15.8 Å². The number of allylic oxidation sites excluding steroid dienone is 1. The zero-order chi connectivity index (χ0) is 8.74. The van der Waals surface area contributed by atoms with Crippen molar-refractivity contribution in [3.63, 3.8) is 0 Å². The third-order valence-corrected chi connectivity index (χ3v) is 1.30. The first-order valence-electron chi connectivity index (χ1n) is 3.05. The van der Waals surface area contributed by atoms with E-state index in [9.17, 15) is 0 Å². The summed E-state index contributed by atoms with van der Waals surface area (Å²) in [5, 5.41) is 25.4. The van der Waals surface area contributed by atoms with Crippen LogP contribution in [0.3, 0.4) is 0 Å². The fourth-order valence-electron chi connectivity index (χ4n) is 0.649. The normalized spacial score (nSPS) is 8.82. The smallest absolute Gasteiger partial charge is 0.160 e. The van der Waals surface area contributed by atoms with E-state index in [1.165, 1.54) is 6.08 Å². The van der Waals surface area contributed by atoms with E-state index in [1.54, 1.807) is 6.07 Å². The summed E-state index contributed by atoms with van der Waals surface area (Å²) in [7, 11) is 0. The van der Waals surface area contributed by atoms with Gasteiger partial charge in [0.15, 0.2) is 5.41 Å². The average Bonchev–Trinajstić information content (AvgIpc) is 2.04. The molecule has 0 N–H and O–H groups in total. The molecule has 0 bridgehead atoms. The van der Waals surface area contributed by atoms with Gasteiger partial charge in [-0.15, -0.1) is 6.58 Å². The first-order valence-corrected chi connectivity index (χ1v) is 3.05. The lowest BCUT2D eigenvalue weighted by Crippen LogP contribution is -2.13. The maximum absolute atomic E-state index is 8.57. The highest BCUT2D eigenvalue weighted by Crippen LogP contribution is 2.24. The lowest BCUT2D eigenvalue weighted by Gasteiger charge is -2.09. The first kappa shape index (κ1) is 9.21. The Morgan fingerprint density at radius 1 is 1.27 bits per heavy atom. The van der Waals surface area contributed by atoms with Gasteiger partial charge in [-0.25, -0.2) is 0 Å². The molecule has 0 aliphatic rings. The fourth-order valence-corrected chi connectivity index (χ4v) is 0.649. The Bertz CT molecular complexity index is 245. The lowest BCUT2D eigenvalue weighted by atomic mass is 9.85. The number of hydrogen-bond donors (Lipinski definition) is 0. The van der Waals surface area contributed by atoms with E-state index in [2.05, 4.69) is 6.58 Å². The van der Waals surface area contributed by atoms with Crippen molar-refractivity contribution in [2.45, 2.75) is 12.8 Å². The minimum atomic E-state index is -1.18. The van der Waals surface area contributed by atoms with E-state index in [0.717, 1.165) is 0 Å². The Labute approximate surface area is 65.8 Å². The Balaban J connectivity index is 4.55. The second-order valence-electron chi connectivity index (χ2n) is 2.13. The molecule has 0 radical (unpaired) electrons. The molecule has 0 atom stereocenters. The van der Waals surface area contributed by atoms with Crippen LogP contribution in [0, 0.1) is 39.4 Å². The molecule has 0 aliphatic carbocycles. The van der Waals surface area contributed by atoms with Crippen molar-refractivity contribution in [2.75, 3.05) is 0 Å². The molecule has 3 nitrogen and oxygen atoms in total. The van der Waals surface area contributed by atoms with Crippen LogP contribution in [0.25, 0.3) is 0 Å². The van der Waals surface area contributed by atoms with E-state index in [-0.39, 0.29) is 12.8 Å². The summed E-state index contributed by atoms with van der Waals surface area (Å²) in [5.74, 6) is 0. The summed E-state index contributed by atoms with van der Waals surface area (Å²) in [5.41, 5.74) is -1.18. The molecule has 54 valence electrons. The van der Waals surface area contributed by atoms with E-state index in [0.29, 0.717) is 0 Å². The molecular weight excluding hydrogens is 138 g/mol. The lowest BCUT2D eigenvalue weighted by molar-refractivity contribution is 0.545. The standard InChI is InChI=1S/C8H7N3/c1-2-3-8(6-10,7-11)4-5-9/h2H,1,3-4H2. The van der Waals surface area contributed by atoms with Crippen molar-refractivity contribution in [3.05, 3.63) is 12.7 Å². The molecule has 0 aromatic heterocycles. The number of hydrogen-bond acceptors (Lipinski definition) is 3. The van der Waals surface area contributed by atoms with Crippen molar-refractivity contribution in [1.82, 2.24) is 0 Å². The van der Waals surface area contributed by atoms with Gasteiger partial charge in [0.25, 0.3) is 0 Å². The van der Waals surface area contributed by atoms with Gasteiger partial charge in [0.1, 0.15) is 0 Å². The van der Waals surface area contributed by atoms with Crippen LogP contribution in [-0.4, -0.2) is 0 Å². The van der Waals surface area contributed by atoms with Gasteiger partial charge in [-0.1, -0.05) is 6.08 Å². The molecule has 0 aliphatic heterocycles. The van der Waals surface area contributed by atoms with Gasteiger partial charge in [0.05, 0.1) is 24.6 Å². The second-order valence-corrected chi connectivity index (χ2v) is 2.13. The monoisotopic (exact) mass is 145 g/mol. The molecule has 0 amide bonds. The largest absolute Gasteiger partial charge is 0.198 e. The summed E-state index contributed by atoms with van der Waals surface area (Å²) >= 11 is 0. The van der Waals surface area contributed by atoms with Gasteiger partial charge < -0.3 is 0 Å². The van der Waals surface area contributed by atoms with E-state index in [1.807, 2.05) is 12.1 Å². The van der Waals surface area contributed by atoms with Crippen LogP contribution >= 0.6 is 0 Å². The molecule has 0 heterocycles. The van der Waals surface area contributed by atoms with Crippen LogP contribution in [0.4, 0.5) is 0 Å². The highest BCUT2D eigenvalue weighted by molar-refractivity contribution is 5.18. The van der Waals surface area contributed by atoms with E-state index < -0.39 is 5.41 Å². The minimum absolute atomic E-state index is 0.0635. The molecule has 0 aromatic rings. The molecule has 0 unspecified atom stereocenters. The van der Waals surface area contributed by atoms with E-state index >= 15 is 0 Å². The molecule has 0 saturated heterocycles. The van der Waals surface area contributed by atoms with Crippen molar-refractivity contribution in [2.24, 2.45) is 5.41 Å². The minimum Gasteiger partial charge on any atom is -0.198 e. The Kier molecular flexibility index (Phi) is 3.43. The Hall–Kier alpha value is -1.79. The molecule has 0 spiro atoms. The quantitative estimate of drug-likeness (QED) is 0.565. The van der Waals surface area contributed by atoms with E-state index in [4.69, 9.17) is 15.8 Å². The summed E-state index contributed by atoms with van der Waals surface area (Å²) in [6.45, 7) is 3.41. The van der Waals surface area contributed by atoms with Crippen molar-refractivity contribution in [1.29, 1.82) is 15.8 Å². The Morgan fingerprint density at radius 3 is 2.09 bits per heavy atom. The predicted octanol–water partition coefficient (Wildman–Crippen LogP) is 1.51. The zero-order valence-electron chi connectivity index (χ0n) is 6.04. The summed E-state index contributed by atoms with van der Waals surface area (Å²) < 4.78 is 0. The molecular formula is C8H7N3. The summed E-state index contributed by atoms with van der Waals surface area (Å²) in [6.07, 6.45) is 1.66. The van der Waals surface area contributed by atoms with Crippen LogP contribution in [0.1, 0.15) is 12.8 Å². The highest BCUT2D eigenvalue weighted by Gasteiger charge is 2.27. The molecule has 11 heavy (non-hydrogen) atoms. The van der Waals surface area contributed by atoms with Crippen LogP contribution in [-0.2, 0) is 0 Å². The van der Waals surface area contributed by atoms with Crippen molar-refractivity contribution >= 4 is 0 Å². The van der Waals surface area contributed by atoms with Crippen LogP contribution in [0.5, 0.6) is 0 Å².